The molecule has 0 aromatic heterocycles. The smallest absolute Gasteiger partial charge is 0.240 e. The number of amides is 1. The quantitative estimate of drug-likeness (QED) is 0.683. The van der Waals surface area contributed by atoms with Crippen molar-refractivity contribution in [3.8, 4) is 0 Å². The number of sulfonamides is 1. The van der Waals surface area contributed by atoms with Gasteiger partial charge in [0.2, 0.25) is 15.9 Å². The Hall–Kier alpha value is -1.15. The van der Waals surface area contributed by atoms with Gasteiger partial charge in [-0.2, -0.15) is 0 Å². The molecule has 2 N–H and O–H groups in total. The number of nitrogens with zero attached hydrogens (tertiary/aromatic N) is 1. The van der Waals surface area contributed by atoms with E-state index in [1.54, 1.807) is 12.1 Å². The molecule has 1 aliphatic heterocycles. The largest absolute Gasteiger partial charge is 0.352 e. The highest BCUT2D eigenvalue weighted by molar-refractivity contribution is 7.89. The van der Waals surface area contributed by atoms with Crippen LogP contribution in [0.5, 0.6) is 0 Å². The van der Waals surface area contributed by atoms with E-state index in [4.69, 9.17) is 11.6 Å². The number of halogens is 1. The summed E-state index contributed by atoms with van der Waals surface area (Å²) in [5, 5.41) is 3.31. The van der Waals surface area contributed by atoms with Gasteiger partial charge in [-0.05, 0) is 43.4 Å². The minimum absolute atomic E-state index is 0.0273. The SMILES string of the molecule is CC1CC(C)CN(CC(C)NC(=O)CCNS(=O)(=O)c2cccc(Cl)c2)C1. The van der Waals surface area contributed by atoms with Crippen molar-refractivity contribution < 1.29 is 13.2 Å². The van der Waals surface area contributed by atoms with Gasteiger partial charge in [0, 0.05) is 43.7 Å². The Morgan fingerprint density at radius 2 is 1.96 bits per heavy atom. The molecule has 3 atom stereocenters. The van der Waals surface area contributed by atoms with Crippen molar-refractivity contribution in [2.24, 2.45) is 11.8 Å². The third-order valence-corrected chi connectivity index (χ3v) is 6.33. The van der Waals surface area contributed by atoms with Crippen molar-refractivity contribution in [2.45, 2.75) is 44.6 Å². The first-order valence-electron chi connectivity index (χ1n) is 9.42. The number of hydrogen-bond donors (Lipinski definition) is 2. The van der Waals surface area contributed by atoms with Crippen LogP contribution in [0.1, 0.15) is 33.6 Å². The van der Waals surface area contributed by atoms with Gasteiger partial charge in [0.05, 0.1) is 4.90 Å². The highest BCUT2D eigenvalue weighted by Gasteiger charge is 2.23. The van der Waals surface area contributed by atoms with Crippen LogP contribution in [0.2, 0.25) is 5.02 Å². The molecule has 152 valence electrons. The van der Waals surface area contributed by atoms with Gasteiger partial charge in [0.15, 0.2) is 0 Å². The fraction of sp³-hybridized carbons (Fsp3) is 0.632. The molecule has 0 radical (unpaired) electrons. The average molecular weight is 416 g/mol. The highest BCUT2D eigenvalue weighted by atomic mass is 35.5. The molecule has 1 heterocycles. The van der Waals surface area contributed by atoms with Gasteiger partial charge in [0.1, 0.15) is 0 Å². The fourth-order valence-electron chi connectivity index (χ4n) is 3.74. The standard InChI is InChI=1S/C19H30ClN3O3S/c1-14-9-15(2)12-23(11-14)13-16(3)22-19(24)7-8-21-27(25,26)18-6-4-5-17(20)10-18/h4-6,10,14-16,21H,7-9,11-13H2,1-3H3,(H,22,24). The molecule has 8 heteroatoms. The van der Waals surface area contributed by atoms with Gasteiger partial charge in [-0.1, -0.05) is 31.5 Å². The molecule has 2 rings (SSSR count). The summed E-state index contributed by atoms with van der Waals surface area (Å²) in [6.45, 7) is 9.49. The summed E-state index contributed by atoms with van der Waals surface area (Å²) >= 11 is 5.83. The molecule has 0 saturated carbocycles. The Bertz CT molecular complexity index is 731. The van der Waals surface area contributed by atoms with Crippen molar-refractivity contribution in [1.29, 1.82) is 0 Å². The Balaban J connectivity index is 1.74. The second-order valence-corrected chi connectivity index (χ2v) is 9.94. The van der Waals surface area contributed by atoms with Crippen LogP contribution in [0.4, 0.5) is 0 Å². The first kappa shape index (κ1) is 22.1. The lowest BCUT2D eigenvalue weighted by atomic mass is 9.92. The number of nitrogens with one attached hydrogen (secondary N) is 2. The maximum Gasteiger partial charge on any atom is 0.240 e. The number of hydrogen-bond acceptors (Lipinski definition) is 4. The zero-order valence-electron chi connectivity index (χ0n) is 16.2. The maximum atomic E-state index is 12.2. The van der Waals surface area contributed by atoms with Gasteiger partial charge >= 0.3 is 0 Å². The van der Waals surface area contributed by atoms with E-state index >= 15 is 0 Å². The molecule has 1 aromatic carbocycles. The van der Waals surface area contributed by atoms with Crippen LogP contribution < -0.4 is 10.0 Å². The molecule has 1 amide bonds. The van der Waals surface area contributed by atoms with Crippen molar-refractivity contribution in [2.75, 3.05) is 26.2 Å². The number of likely N-dealkylation sites (tertiary alicyclic amines) is 1. The molecular formula is C19H30ClN3O3S. The molecule has 0 bridgehead atoms. The van der Waals surface area contributed by atoms with Gasteiger partial charge < -0.3 is 10.2 Å². The molecular weight excluding hydrogens is 386 g/mol. The third kappa shape index (κ3) is 7.41. The van der Waals surface area contributed by atoms with Gasteiger partial charge in [-0.15, -0.1) is 0 Å². The molecule has 6 nitrogen and oxygen atoms in total. The Kier molecular flexibility index (Phi) is 8.09. The maximum absolute atomic E-state index is 12.2. The summed E-state index contributed by atoms with van der Waals surface area (Å²) < 4.78 is 26.9. The average Bonchev–Trinajstić information content (AvgIpc) is 2.53. The van der Waals surface area contributed by atoms with E-state index in [9.17, 15) is 13.2 Å². The summed E-state index contributed by atoms with van der Waals surface area (Å²) in [7, 11) is -3.66. The van der Waals surface area contributed by atoms with Crippen molar-refractivity contribution >= 4 is 27.5 Å². The van der Waals surface area contributed by atoms with Crippen LogP contribution >= 0.6 is 11.6 Å². The summed E-state index contributed by atoms with van der Waals surface area (Å²) in [5.41, 5.74) is 0. The van der Waals surface area contributed by atoms with E-state index in [-0.39, 0.29) is 29.8 Å². The van der Waals surface area contributed by atoms with Crippen LogP contribution in [0.3, 0.4) is 0 Å². The summed E-state index contributed by atoms with van der Waals surface area (Å²) in [6, 6.07) is 6.07. The van der Waals surface area contributed by atoms with Crippen molar-refractivity contribution in [1.82, 2.24) is 14.9 Å². The molecule has 0 aliphatic carbocycles. The van der Waals surface area contributed by atoms with E-state index in [0.29, 0.717) is 16.9 Å². The summed E-state index contributed by atoms with van der Waals surface area (Å²) in [5.74, 6) is 1.20. The van der Waals surface area contributed by atoms with E-state index in [2.05, 4.69) is 28.8 Å². The lowest BCUT2D eigenvalue weighted by Crippen LogP contribution is -2.47. The Morgan fingerprint density at radius 1 is 1.30 bits per heavy atom. The lowest BCUT2D eigenvalue weighted by Gasteiger charge is -2.36. The number of carbonyl (C=O) groups is 1. The molecule has 1 fully saturated rings. The molecule has 27 heavy (non-hydrogen) atoms. The molecule has 1 aliphatic rings. The van der Waals surface area contributed by atoms with Crippen LogP contribution in [0, 0.1) is 11.8 Å². The summed E-state index contributed by atoms with van der Waals surface area (Å²) in [6.07, 6.45) is 1.35. The Morgan fingerprint density at radius 3 is 2.59 bits per heavy atom. The monoisotopic (exact) mass is 415 g/mol. The van der Waals surface area contributed by atoms with Crippen LogP contribution in [-0.2, 0) is 14.8 Å². The fourth-order valence-corrected chi connectivity index (χ4v) is 5.07. The predicted molar refractivity (Wildman–Crippen MR) is 108 cm³/mol. The molecule has 0 spiro atoms. The van der Waals surface area contributed by atoms with E-state index in [1.807, 2.05) is 6.92 Å². The first-order valence-corrected chi connectivity index (χ1v) is 11.3. The number of rotatable bonds is 8. The van der Waals surface area contributed by atoms with E-state index < -0.39 is 10.0 Å². The minimum atomic E-state index is -3.66. The third-order valence-electron chi connectivity index (χ3n) is 4.63. The molecule has 1 aromatic rings. The summed E-state index contributed by atoms with van der Waals surface area (Å²) in [4.78, 5) is 14.6. The van der Waals surface area contributed by atoms with E-state index in [1.165, 1.54) is 18.6 Å². The normalized spacial score (nSPS) is 22.4. The van der Waals surface area contributed by atoms with Gasteiger partial charge in [-0.3, -0.25) is 4.79 Å². The first-order chi connectivity index (χ1) is 12.7. The number of carbonyl (C=O) groups excluding carboxylic acids is 1. The van der Waals surface area contributed by atoms with Gasteiger partial charge in [-0.25, -0.2) is 13.1 Å². The molecule has 3 unspecified atom stereocenters. The molecule has 1 saturated heterocycles. The zero-order chi connectivity index (χ0) is 20.0. The van der Waals surface area contributed by atoms with Crippen LogP contribution in [0.25, 0.3) is 0 Å². The Labute approximate surface area is 167 Å². The van der Waals surface area contributed by atoms with Crippen LogP contribution in [-0.4, -0.2) is 51.4 Å². The van der Waals surface area contributed by atoms with E-state index in [0.717, 1.165) is 19.6 Å². The van der Waals surface area contributed by atoms with Gasteiger partial charge in [0.25, 0.3) is 0 Å². The number of benzene rings is 1. The van der Waals surface area contributed by atoms with Crippen molar-refractivity contribution in [3.05, 3.63) is 29.3 Å². The second kappa shape index (κ2) is 9.87. The van der Waals surface area contributed by atoms with Crippen LogP contribution in [0.15, 0.2) is 29.2 Å². The van der Waals surface area contributed by atoms with Crippen molar-refractivity contribution in [3.63, 3.8) is 0 Å². The minimum Gasteiger partial charge on any atom is -0.352 e. The highest BCUT2D eigenvalue weighted by Crippen LogP contribution is 2.20. The number of piperidine rings is 1. The topological polar surface area (TPSA) is 78.5 Å². The lowest BCUT2D eigenvalue weighted by molar-refractivity contribution is -0.121. The second-order valence-electron chi connectivity index (χ2n) is 7.74. The predicted octanol–water partition coefficient (Wildman–Crippen LogP) is 2.49. The zero-order valence-corrected chi connectivity index (χ0v) is 17.8.